The van der Waals surface area contributed by atoms with E-state index in [-0.39, 0.29) is 0 Å². The average molecular weight is 235 g/mol. The number of rotatable bonds is 4. The smallest absolute Gasteiger partial charge is 0.164 e. The summed E-state index contributed by atoms with van der Waals surface area (Å²) in [5.74, 6) is 2.25. The molecule has 1 fully saturated rings. The minimum absolute atomic E-state index is 0.532. The van der Waals surface area contributed by atoms with E-state index in [4.69, 9.17) is 9.47 Å². The zero-order chi connectivity index (χ0) is 12.3. The van der Waals surface area contributed by atoms with Crippen LogP contribution in [-0.2, 0) is 0 Å². The second-order valence-corrected chi connectivity index (χ2v) is 4.45. The van der Waals surface area contributed by atoms with Crippen molar-refractivity contribution in [2.24, 2.45) is 0 Å². The van der Waals surface area contributed by atoms with E-state index in [1.54, 1.807) is 14.2 Å². The molecule has 2 rings (SSSR count). The van der Waals surface area contributed by atoms with Crippen molar-refractivity contribution in [1.29, 1.82) is 0 Å². The third-order valence-electron chi connectivity index (χ3n) is 3.62. The fraction of sp³-hybridized carbons (Fsp3) is 0.571. The first-order valence-electron chi connectivity index (χ1n) is 6.26. The molecule has 3 nitrogen and oxygen atoms in total. The second kappa shape index (κ2) is 5.41. The molecule has 1 aromatic carbocycles. The van der Waals surface area contributed by atoms with Crippen LogP contribution in [0.4, 0.5) is 0 Å². The molecule has 3 heteroatoms. The van der Waals surface area contributed by atoms with Gasteiger partial charge in [0.25, 0.3) is 0 Å². The average Bonchev–Trinajstić information content (AvgIpc) is 2.85. The molecule has 0 aromatic heterocycles. The highest BCUT2D eigenvalue weighted by Gasteiger charge is 2.29. The van der Waals surface area contributed by atoms with E-state index in [0.717, 1.165) is 24.5 Å². The lowest BCUT2D eigenvalue weighted by atomic mass is 9.89. The largest absolute Gasteiger partial charge is 0.493 e. The van der Waals surface area contributed by atoms with Gasteiger partial charge in [-0.15, -0.1) is 0 Å². The summed E-state index contributed by atoms with van der Waals surface area (Å²) in [5.41, 5.74) is 1.27. The van der Waals surface area contributed by atoms with E-state index >= 15 is 0 Å². The monoisotopic (exact) mass is 235 g/mol. The van der Waals surface area contributed by atoms with Crippen LogP contribution >= 0.6 is 0 Å². The van der Waals surface area contributed by atoms with Crippen LogP contribution in [0.1, 0.15) is 31.2 Å². The number of methoxy groups -OCH3 is 2. The van der Waals surface area contributed by atoms with Gasteiger partial charge >= 0.3 is 0 Å². The number of ether oxygens (including phenoxy) is 2. The van der Waals surface area contributed by atoms with Crippen molar-refractivity contribution >= 4 is 0 Å². The fourth-order valence-corrected chi connectivity index (χ4v) is 2.77. The fourth-order valence-electron chi connectivity index (χ4n) is 2.77. The molecule has 0 aliphatic carbocycles. The second-order valence-electron chi connectivity index (χ2n) is 4.45. The van der Waals surface area contributed by atoms with Crippen molar-refractivity contribution in [3.8, 4) is 11.5 Å². The van der Waals surface area contributed by atoms with Gasteiger partial charge in [-0.1, -0.05) is 19.1 Å². The van der Waals surface area contributed by atoms with E-state index < -0.39 is 0 Å². The molecule has 0 amide bonds. The van der Waals surface area contributed by atoms with E-state index in [2.05, 4.69) is 18.3 Å². The molecule has 1 N–H and O–H groups in total. The summed E-state index contributed by atoms with van der Waals surface area (Å²) in [4.78, 5) is 0. The summed E-state index contributed by atoms with van der Waals surface area (Å²) in [6.07, 6.45) is 2.31. The zero-order valence-electron chi connectivity index (χ0n) is 10.8. The first-order valence-corrected chi connectivity index (χ1v) is 6.26. The number of nitrogens with one attached hydrogen (secondary N) is 1. The molecule has 17 heavy (non-hydrogen) atoms. The van der Waals surface area contributed by atoms with Crippen LogP contribution in [0.2, 0.25) is 0 Å². The molecule has 0 bridgehead atoms. The standard InChI is InChI=1S/C14H21NO2/c1-4-12-10(8-9-15-12)11-6-5-7-13(16-2)14(11)17-3/h5-7,10,12,15H,4,8-9H2,1-3H3. The van der Waals surface area contributed by atoms with Gasteiger partial charge in [-0.05, 0) is 25.5 Å². The van der Waals surface area contributed by atoms with Gasteiger partial charge in [0.15, 0.2) is 11.5 Å². The van der Waals surface area contributed by atoms with E-state index in [1.807, 2.05) is 12.1 Å². The summed E-state index contributed by atoms with van der Waals surface area (Å²) in [6, 6.07) is 6.70. The van der Waals surface area contributed by atoms with Crippen LogP contribution in [0.15, 0.2) is 18.2 Å². The Balaban J connectivity index is 2.37. The lowest BCUT2D eigenvalue weighted by molar-refractivity contribution is 0.347. The maximum Gasteiger partial charge on any atom is 0.164 e. The van der Waals surface area contributed by atoms with Gasteiger partial charge in [0.2, 0.25) is 0 Å². The van der Waals surface area contributed by atoms with Gasteiger partial charge < -0.3 is 14.8 Å². The van der Waals surface area contributed by atoms with Crippen LogP contribution in [0.25, 0.3) is 0 Å². The zero-order valence-corrected chi connectivity index (χ0v) is 10.8. The van der Waals surface area contributed by atoms with Crippen molar-refractivity contribution in [2.75, 3.05) is 20.8 Å². The van der Waals surface area contributed by atoms with Gasteiger partial charge in [0, 0.05) is 17.5 Å². The molecular weight excluding hydrogens is 214 g/mol. The van der Waals surface area contributed by atoms with Crippen LogP contribution in [0.5, 0.6) is 11.5 Å². The predicted molar refractivity (Wildman–Crippen MR) is 69.0 cm³/mol. The van der Waals surface area contributed by atoms with Gasteiger partial charge in [-0.25, -0.2) is 0 Å². The Morgan fingerprint density at radius 3 is 2.76 bits per heavy atom. The predicted octanol–water partition coefficient (Wildman–Crippen LogP) is 2.56. The molecular formula is C14H21NO2. The van der Waals surface area contributed by atoms with Crippen molar-refractivity contribution in [2.45, 2.75) is 31.7 Å². The van der Waals surface area contributed by atoms with Crippen molar-refractivity contribution < 1.29 is 9.47 Å². The Kier molecular flexibility index (Phi) is 3.89. The highest BCUT2D eigenvalue weighted by molar-refractivity contribution is 5.49. The number of para-hydroxylation sites is 1. The Bertz CT molecular complexity index is 378. The van der Waals surface area contributed by atoms with Crippen molar-refractivity contribution in [3.63, 3.8) is 0 Å². The Labute approximate surface area is 103 Å². The van der Waals surface area contributed by atoms with Crippen molar-refractivity contribution in [3.05, 3.63) is 23.8 Å². The topological polar surface area (TPSA) is 30.5 Å². The molecule has 1 aliphatic heterocycles. The summed E-state index contributed by atoms with van der Waals surface area (Å²) < 4.78 is 10.9. The maximum absolute atomic E-state index is 5.52. The summed E-state index contributed by atoms with van der Waals surface area (Å²) in [7, 11) is 3.40. The summed E-state index contributed by atoms with van der Waals surface area (Å²) in [5, 5.41) is 3.55. The maximum atomic E-state index is 5.52. The number of benzene rings is 1. The van der Waals surface area contributed by atoms with Gasteiger partial charge in [-0.2, -0.15) is 0 Å². The molecule has 0 saturated carbocycles. The summed E-state index contributed by atoms with van der Waals surface area (Å²) in [6.45, 7) is 3.31. The van der Waals surface area contributed by atoms with Gasteiger partial charge in [0.1, 0.15) is 0 Å². The summed E-state index contributed by atoms with van der Waals surface area (Å²) >= 11 is 0. The normalized spacial score (nSPS) is 23.7. The first-order chi connectivity index (χ1) is 8.31. The Morgan fingerprint density at radius 1 is 1.29 bits per heavy atom. The Morgan fingerprint density at radius 2 is 2.12 bits per heavy atom. The van der Waals surface area contributed by atoms with Crippen LogP contribution < -0.4 is 14.8 Å². The number of hydrogen-bond donors (Lipinski definition) is 1. The SMILES string of the molecule is CCC1NCCC1c1cccc(OC)c1OC. The van der Waals surface area contributed by atoms with Crippen molar-refractivity contribution in [1.82, 2.24) is 5.32 Å². The molecule has 0 radical (unpaired) electrons. The quantitative estimate of drug-likeness (QED) is 0.870. The molecule has 0 spiro atoms. The highest BCUT2D eigenvalue weighted by Crippen LogP contribution is 2.40. The van der Waals surface area contributed by atoms with Crippen LogP contribution in [0.3, 0.4) is 0 Å². The van der Waals surface area contributed by atoms with Crippen LogP contribution in [-0.4, -0.2) is 26.8 Å². The molecule has 2 atom stereocenters. The first kappa shape index (κ1) is 12.2. The van der Waals surface area contributed by atoms with Gasteiger partial charge in [0.05, 0.1) is 14.2 Å². The molecule has 2 unspecified atom stereocenters. The third kappa shape index (κ3) is 2.25. The highest BCUT2D eigenvalue weighted by atomic mass is 16.5. The molecule has 1 aromatic rings. The van der Waals surface area contributed by atoms with E-state index in [9.17, 15) is 0 Å². The number of hydrogen-bond acceptors (Lipinski definition) is 3. The lowest BCUT2D eigenvalue weighted by Gasteiger charge is -2.21. The van der Waals surface area contributed by atoms with E-state index in [1.165, 1.54) is 12.0 Å². The van der Waals surface area contributed by atoms with Crippen LogP contribution in [0, 0.1) is 0 Å². The van der Waals surface area contributed by atoms with E-state index in [0.29, 0.717) is 12.0 Å². The minimum atomic E-state index is 0.532. The molecule has 1 saturated heterocycles. The molecule has 1 heterocycles. The lowest BCUT2D eigenvalue weighted by Crippen LogP contribution is -2.25. The molecule has 94 valence electrons. The minimum Gasteiger partial charge on any atom is -0.493 e. The Hall–Kier alpha value is -1.22. The molecule has 1 aliphatic rings. The van der Waals surface area contributed by atoms with Gasteiger partial charge in [-0.3, -0.25) is 0 Å². The third-order valence-corrected chi connectivity index (χ3v) is 3.62.